The summed E-state index contributed by atoms with van der Waals surface area (Å²) in [5, 5.41) is 10.2. The van der Waals surface area contributed by atoms with Crippen LogP contribution in [-0.4, -0.2) is 43.7 Å². The average molecular weight is 505 g/mol. The fraction of sp³-hybridized carbons (Fsp3) is 0.259. The zero-order chi connectivity index (χ0) is 25.2. The van der Waals surface area contributed by atoms with Gasteiger partial charge in [0.15, 0.2) is 0 Å². The van der Waals surface area contributed by atoms with Gasteiger partial charge in [-0.15, -0.1) is 0 Å². The van der Waals surface area contributed by atoms with Gasteiger partial charge in [-0.2, -0.15) is 0 Å². The molecule has 1 atom stereocenters. The number of halogens is 1. The van der Waals surface area contributed by atoms with E-state index in [-0.39, 0.29) is 17.4 Å². The average Bonchev–Trinajstić information content (AvgIpc) is 2.88. The minimum Gasteiger partial charge on any atom is -0.465 e. The van der Waals surface area contributed by atoms with E-state index in [4.69, 9.17) is 21.3 Å². The van der Waals surface area contributed by atoms with E-state index in [0.29, 0.717) is 47.1 Å². The number of rotatable bonds is 5. The highest BCUT2D eigenvalue weighted by molar-refractivity contribution is 6.31. The first-order chi connectivity index (χ1) is 17.4. The molecule has 3 heterocycles. The molecular weight excluding hydrogens is 480 g/mol. The van der Waals surface area contributed by atoms with E-state index in [0.717, 1.165) is 24.0 Å². The summed E-state index contributed by atoms with van der Waals surface area (Å²) in [4.78, 5) is 35.9. The highest BCUT2D eigenvalue weighted by Crippen LogP contribution is 2.30. The zero-order valence-electron chi connectivity index (χ0n) is 19.7. The molecule has 0 aliphatic carbocycles. The van der Waals surface area contributed by atoms with Gasteiger partial charge in [0.1, 0.15) is 16.6 Å². The van der Waals surface area contributed by atoms with Crippen LogP contribution in [0.3, 0.4) is 0 Å². The Balaban J connectivity index is 1.60. The molecular formula is C27H25ClN4O4. The van der Waals surface area contributed by atoms with Crippen LogP contribution in [0.5, 0.6) is 11.6 Å². The van der Waals surface area contributed by atoms with Crippen molar-refractivity contribution in [2.45, 2.75) is 26.3 Å². The van der Waals surface area contributed by atoms with Crippen LogP contribution in [0.25, 0.3) is 22.3 Å². The first-order valence-electron chi connectivity index (χ1n) is 11.8. The molecule has 1 aliphatic rings. The van der Waals surface area contributed by atoms with Crippen LogP contribution in [0.1, 0.15) is 18.4 Å². The van der Waals surface area contributed by atoms with Gasteiger partial charge < -0.3 is 14.7 Å². The van der Waals surface area contributed by atoms with E-state index in [1.807, 2.05) is 31.2 Å². The molecule has 2 aromatic carbocycles. The molecule has 9 heteroatoms. The Labute approximate surface area is 212 Å². The summed E-state index contributed by atoms with van der Waals surface area (Å²) in [6, 6.07) is 16.3. The maximum atomic E-state index is 13.9. The molecule has 0 spiro atoms. The van der Waals surface area contributed by atoms with Gasteiger partial charge in [-0.3, -0.25) is 9.36 Å². The van der Waals surface area contributed by atoms with Crippen molar-refractivity contribution in [3.8, 4) is 23.0 Å². The maximum Gasteiger partial charge on any atom is 0.407 e. The topological polar surface area (TPSA) is 97.6 Å². The van der Waals surface area contributed by atoms with E-state index < -0.39 is 6.09 Å². The summed E-state index contributed by atoms with van der Waals surface area (Å²) < 4.78 is 7.52. The summed E-state index contributed by atoms with van der Waals surface area (Å²) in [7, 11) is 0. The molecule has 1 saturated heterocycles. The number of carboxylic acid groups (broad SMARTS) is 1. The Hall–Kier alpha value is -3.91. The molecule has 1 aliphatic heterocycles. The fourth-order valence-electron chi connectivity index (χ4n) is 4.67. The van der Waals surface area contributed by atoms with Crippen molar-refractivity contribution >= 4 is 28.6 Å². The molecule has 36 heavy (non-hydrogen) atoms. The lowest BCUT2D eigenvalue weighted by Crippen LogP contribution is -2.41. The predicted molar refractivity (Wildman–Crippen MR) is 138 cm³/mol. The lowest BCUT2D eigenvalue weighted by molar-refractivity contribution is 0.116. The van der Waals surface area contributed by atoms with E-state index in [1.54, 1.807) is 41.1 Å². The van der Waals surface area contributed by atoms with Gasteiger partial charge in [0, 0.05) is 31.4 Å². The highest BCUT2D eigenvalue weighted by atomic mass is 35.5. The molecule has 2 aromatic heterocycles. The molecule has 0 saturated carbocycles. The number of amides is 1. The fourth-order valence-corrected chi connectivity index (χ4v) is 4.83. The van der Waals surface area contributed by atoms with Gasteiger partial charge in [-0.25, -0.2) is 14.8 Å². The Bertz CT molecular complexity index is 1500. The minimum absolute atomic E-state index is 0.00123. The molecule has 184 valence electrons. The molecule has 0 unspecified atom stereocenters. The minimum atomic E-state index is -0.933. The Morgan fingerprint density at radius 2 is 2.03 bits per heavy atom. The van der Waals surface area contributed by atoms with E-state index in [9.17, 15) is 14.7 Å². The summed E-state index contributed by atoms with van der Waals surface area (Å²) >= 11 is 6.18. The number of nitrogens with zero attached hydrogens (tertiary/aromatic N) is 4. The number of pyridine rings is 1. The second-order valence-electron chi connectivity index (χ2n) is 8.97. The normalized spacial score (nSPS) is 15.7. The highest BCUT2D eigenvalue weighted by Gasteiger charge is 2.25. The van der Waals surface area contributed by atoms with Crippen molar-refractivity contribution in [3.05, 3.63) is 81.7 Å². The first-order valence-corrected chi connectivity index (χ1v) is 12.2. The molecule has 0 radical (unpaired) electrons. The van der Waals surface area contributed by atoms with Crippen LogP contribution in [0.15, 0.2) is 65.6 Å². The number of aryl methyl sites for hydroxylation is 1. The molecule has 1 amide bonds. The maximum absolute atomic E-state index is 13.9. The monoisotopic (exact) mass is 504 g/mol. The van der Waals surface area contributed by atoms with Crippen LogP contribution in [-0.2, 0) is 6.54 Å². The first kappa shape index (κ1) is 23.8. The molecule has 5 rings (SSSR count). The smallest absolute Gasteiger partial charge is 0.407 e. The lowest BCUT2D eigenvalue weighted by Gasteiger charge is -2.31. The standard InChI is InChI=1S/C27H25ClN4O4/c1-17-6-2-3-8-20(17)24-30-23-11-10-19(36-25-22(28)9-4-12-29-25)14-21(23)26(33)32(24)16-18-7-5-13-31(15-18)27(34)35/h2-4,6,8-12,14,18H,5,7,13,15-16H2,1H3,(H,34,35)/t18-/m1/s1. The van der Waals surface area contributed by atoms with Gasteiger partial charge in [-0.05, 0) is 61.6 Å². The van der Waals surface area contributed by atoms with Crippen molar-refractivity contribution in [2.75, 3.05) is 13.1 Å². The number of ether oxygens (including phenoxy) is 1. The van der Waals surface area contributed by atoms with Crippen molar-refractivity contribution in [3.63, 3.8) is 0 Å². The second-order valence-corrected chi connectivity index (χ2v) is 9.38. The van der Waals surface area contributed by atoms with E-state index in [2.05, 4.69) is 4.98 Å². The predicted octanol–water partition coefficient (Wildman–Crippen LogP) is 5.60. The third-order valence-electron chi connectivity index (χ3n) is 6.48. The summed E-state index contributed by atoms with van der Waals surface area (Å²) in [6.45, 7) is 3.25. The molecule has 1 N–H and O–H groups in total. The van der Waals surface area contributed by atoms with Crippen molar-refractivity contribution in [1.29, 1.82) is 0 Å². The van der Waals surface area contributed by atoms with Crippen molar-refractivity contribution in [2.24, 2.45) is 5.92 Å². The number of hydrogen-bond donors (Lipinski definition) is 1. The molecule has 4 aromatic rings. The van der Waals surface area contributed by atoms with Gasteiger partial charge >= 0.3 is 6.09 Å². The van der Waals surface area contributed by atoms with Crippen LogP contribution >= 0.6 is 11.6 Å². The van der Waals surface area contributed by atoms with Crippen LogP contribution < -0.4 is 10.3 Å². The van der Waals surface area contributed by atoms with E-state index >= 15 is 0 Å². The zero-order valence-corrected chi connectivity index (χ0v) is 20.5. The van der Waals surface area contributed by atoms with Gasteiger partial charge in [0.05, 0.1) is 10.9 Å². The Kier molecular flexibility index (Phi) is 6.61. The largest absolute Gasteiger partial charge is 0.465 e. The Morgan fingerprint density at radius 3 is 2.81 bits per heavy atom. The Morgan fingerprint density at radius 1 is 1.19 bits per heavy atom. The van der Waals surface area contributed by atoms with Gasteiger partial charge in [0.25, 0.3) is 5.56 Å². The second kappa shape index (κ2) is 9.99. The lowest BCUT2D eigenvalue weighted by atomic mass is 9.97. The third-order valence-corrected chi connectivity index (χ3v) is 6.77. The van der Waals surface area contributed by atoms with Crippen molar-refractivity contribution in [1.82, 2.24) is 19.4 Å². The summed E-state index contributed by atoms with van der Waals surface area (Å²) in [5.41, 5.74) is 2.20. The number of likely N-dealkylation sites (tertiary alicyclic amines) is 1. The quantitative estimate of drug-likeness (QED) is 0.380. The SMILES string of the molecule is Cc1ccccc1-c1nc2ccc(Oc3ncccc3Cl)cc2c(=O)n1C[C@@H]1CCCN(C(=O)O)C1. The van der Waals surface area contributed by atoms with Crippen LogP contribution in [0.2, 0.25) is 5.02 Å². The summed E-state index contributed by atoms with van der Waals surface area (Å²) in [5.74, 6) is 1.24. The van der Waals surface area contributed by atoms with Crippen molar-refractivity contribution < 1.29 is 14.6 Å². The number of piperidine rings is 1. The van der Waals surface area contributed by atoms with E-state index in [1.165, 1.54) is 4.90 Å². The number of fused-ring (bicyclic) bond motifs is 1. The molecule has 0 bridgehead atoms. The molecule has 1 fully saturated rings. The van der Waals surface area contributed by atoms with Crippen LogP contribution in [0.4, 0.5) is 4.79 Å². The number of aromatic nitrogens is 3. The van der Waals surface area contributed by atoms with Crippen LogP contribution in [0, 0.1) is 12.8 Å². The number of carbonyl (C=O) groups is 1. The number of hydrogen-bond acceptors (Lipinski definition) is 5. The van der Waals surface area contributed by atoms with Gasteiger partial charge in [0.2, 0.25) is 5.88 Å². The summed E-state index contributed by atoms with van der Waals surface area (Å²) in [6.07, 6.45) is 2.24. The third kappa shape index (κ3) is 4.77. The molecule has 8 nitrogen and oxygen atoms in total. The van der Waals surface area contributed by atoms with Gasteiger partial charge in [-0.1, -0.05) is 35.9 Å². The number of benzene rings is 2.